The normalized spacial score (nSPS) is 24.0. The molecule has 0 aromatic carbocycles. The van der Waals surface area contributed by atoms with Crippen molar-refractivity contribution in [3.63, 3.8) is 0 Å². The first-order chi connectivity index (χ1) is 8.55. The van der Waals surface area contributed by atoms with Gasteiger partial charge in [-0.3, -0.25) is 14.6 Å². The van der Waals surface area contributed by atoms with Crippen LogP contribution >= 0.6 is 0 Å². The van der Waals surface area contributed by atoms with Gasteiger partial charge < -0.3 is 10.2 Å². The Bertz CT molecular complexity index is 461. The van der Waals surface area contributed by atoms with Crippen LogP contribution in [-0.2, 0) is 16.1 Å². The Hall–Kier alpha value is -1.91. The van der Waals surface area contributed by atoms with Crippen molar-refractivity contribution in [3.8, 4) is 0 Å². The quantitative estimate of drug-likeness (QED) is 0.855. The SMILES string of the molecule is CCC1(C)NC(=O)CN(Cc2ccncc2)C1=O. The summed E-state index contributed by atoms with van der Waals surface area (Å²) >= 11 is 0. The van der Waals surface area contributed by atoms with Crippen molar-refractivity contribution >= 4 is 11.8 Å². The van der Waals surface area contributed by atoms with E-state index < -0.39 is 5.54 Å². The van der Waals surface area contributed by atoms with Crippen molar-refractivity contribution in [2.75, 3.05) is 6.54 Å². The van der Waals surface area contributed by atoms with Crippen LogP contribution in [0.2, 0.25) is 0 Å². The topological polar surface area (TPSA) is 62.3 Å². The number of carbonyl (C=O) groups is 2. The molecule has 1 aromatic rings. The van der Waals surface area contributed by atoms with Crippen molar-refractivity contribution in [2.24, 2.45) is 0 Å². The average molecular weight is 247 g/mol. The minimum absolute atomic E-state index is 0.0265. The van der Waals surface area contributed by atoms with Crippen LogP contribution in [0.25, 0.3) is 0 Å². The molecule has 96 valence electrons. The largest absolute Gasteiger partial charge is 0.340 e. The van der Waals surface area contributed by atoms with Crippen molar-refractivity contribution in [2.45, 2.75) is 32.4 Å². The predicted octanol–water partition coefficient (Wildman–Crippen LogP) is 0.709. The number of hydrogen-bond donors (Lipinski definition) is 1. The summed E-state index contributed by atoms with van der Waals surface area (Å²) in [5.74, 6) is -0.130. The number of nitrogens with zero attached hydrogens (tertiary/aromatic N) is 2. The highest BCUT2D eigenvalue weighted by Gasteiger charge is 2.41. The van der Waals surface area contributed by atoms with E-state index >= 15 is 0 Å². The molecule has 1 aromatic heterocycles. The molecule has 0 radical (unpaired) electrons. The average Bonchev–Trinajstić information content (AvgIpc) is 2.37. The summed E-state index contributed by atoms with van der Waals surface area (Å²) < 4.78 is 0. The highest BCUT2D eigenvalue weighted by molar-refractivity contribution is 5.97. The summed E-state index contributed by atoms with van der Waals surface area (Å²) in [6.07, 6.45) is 3.95. The molecule has 1 atom stereocenters. The van der Waals surface area contributed by atoms with Gasteiger partial charge in [0.15, 0.2) is 0 Å². The minimum atomic E-state index is -0.775. The van der Waals surface area contributed by atoms with E-state index in [1.54, 1.807) is 24.2 Å². The molecule has 2 rings (SSSR count). The van der Waals surface area contributed by atoms with Gasteiger partial charge in [0, 0.05) is 18.9 Å². The Morgan fingerprint density at radius 2 is 2.06 bits per heavy atom. The maximum Gasteiger partial charge on any atom is 0.248 e. The maximum atomic E-state index is 12.3. The lowest BCUT2D eigenvalue weighted by molar-refractivity contribution is -0.149. The maximum absolute atomic E-state index is 12.3. The second-order valence-corrected chi connectivity index (χ2v) is 4.75. The third kappa shape index (κ3) is 2.34. The summed E-state index contributed by atoms with van der Waals surface area (Å²) in [5, 5.41) is 2.77. The number of nitrogens with one attached hydrogen (secondary N) is 1. The van der Waals surface area contributed by atoms with Gasteiger partial charge in [0.1, 0.15) is 5.54 Å². The Kier molecular flexibility index (Phi) is 3.32. The summed E-state index contributed by atoms with van der Waals surface area (Å²) in [4.78, 5) is 29.5. The van der Waals surface area contributed by atoms with Crippen LogP contribution in [0.5, 0.6) is 0 Å². The summed E-state index contributed by atoms with van der Waals surface area (Å²) in [6, 6.07) is 3.70. The smallest absolute Gasteiger partial charge is 0.248 e. The fraction of sp³-hybridized carbons (Fsp3) is 0.462. The van der Waals surface area contributed by atoms with E-state index in [1.807, 2.05) is 19.1 Å². The van der Waals surface area contributed by atoms with Gasteiger partial charge in [0.25, 0.3) is 0 Å². The van der Waals surface area contributed by atoms with Gasteiger partial charge in [-0.2, -0.15) is 0 Å². The zero-order chi connectivity index (χ0) is 13.2. The lowest BCUT2D eigenvalue weighted by atomic mass is 9.94. The van der Waals surface area contributed by atoms with E-state index in [0.29, 0.717) is 13.0 Å². The van der Waals surface area contributed by atoms with E-state index in [-0.39, 0.29) is 18.4 Å². The molecule has 2 heterocycles. The zero-order valence-electron chi connectivity index (χ0n) is 10.6. The molecule has 1 saturated heterocycles. The summed E-state index contributed by atoms with van der Waals surface area (Å²) in [6.45, 7) is 4.24. The van der Waals surface area contributed by atoms with Crippen LogP contribution < -0.4 is 5.32 Å². The Morgan fingerprint density at radius 1 is 1.39 bits per heavy atom. The highest BCUT2D eigenvalue weighted by Crippen LogP contribution is 2.19. The number of rotatable bonds is 3. The van der Waals surface area contributed by atoms with Gasteiger partial charge in [-0.1, -0.05) is 6.92 Å². The van der Waals surface area contributed by atoms with Crippen molar-refractivity contribution in [1.82, 2.24) is 15.2 Å². The van der Waals surface area contributed by atoms with Crippen LogP contribution in [0.4, 0.5) is 0 Å². The molecule has 1 aliphatic heterocycles. The first kappa shape index (κ1) is 12.5. The highest BCUT2D eigenvalue weighted by atomic mass is 16.2. The molecule has 0 bridgehead atoms. The first-order valence-electron chi connectivity index (χ1n) is 6.04. The number of piperazine rings is 1. The molecule has 1 fully saturated rings. The van der Waals surface area contributed by atoms with Crippen LogP contribution in [-0.4, -0.2) is 33.8 Å². The molecule has 1 aliphatic rings. The monoisotopic (exact) mass is 247 g/mol. The van der Waals surface area contributed by atoms with Crippen LogP contribution in [0.15, 0.2) is 24.5 Å². The third-order valence-corrected chi connectivity index (χ3v) is 3.34. The van der Waals surface area contributed by atoms with Crippen molar-refractivity contribution in [3.05, 3.63) is 30.1 Å². The number of aromatic nitrogens is 1. The first-order valence-corrected chi connectivity index (χ1v) is 6.04. The molecule has 18 heavy (non-hydrogen) atoms. The summed E-state index contributed by atoms with van der Waals surface area (Å²) in [7, 11) is 0. The van der Waals surface area contributed by atoms with Gasteiger partial charge >= 0.3 is 0 Å². The second kappa shape index (κ2) is 4.76. The predicted molar refractivity (Wildman–Crippen MR) is 66.5 cm³/mol. The Labute approximate surface area is 106 Å². The fourth-order valence-electron chi connectivity index (χ4n) is 2.07. The van der Waals surface area contributed by atoms with Gasteiger partial charge in [-0.05, 0) is 31.0 Å². The summed E-state index contributed by atoms with van der Waals surface area (Å²) in [5.41, 5.74) is 0.203. The molecule has 5 nitrogen and oxygen atoms in total. The van der Waals surface area contributed by atoms with E-state index in [1.165, 1.54) is 0 Å². The zero-order valence-corrected chi connectivity index (χ0v) is 10.6. The van der Waals surface area contributed by atoms with Gasteiger partial charge in [-0.15, -0.1) is 0 Å². The van der Waals surface area contributed by atoms with Gasteiger partial charge in [0.05, 0.1) is 6.54 Å². The Balaban J connectivity index is 2.17. The minimum Gasteiger partial charge on any atom is -0.340 e. The number of pyridine rings is 1. The van der Waals surface area contributed by atoms with Gasteiger partial charge in [0.2, 0.25) is 11.8 Å². The molecule has 2 amide bonds. The molecule has 0 aliphatic carbocycles. The third-order valence-electron chi connectivity index (χ3n) is 3.34. The van der Waals surface area contributed by atoms with E-state index in [9.17, 15) is 9.59 Å². The molecular weight excluding hydrogens is 230 g/mol. The fourth-order valence-corrected chi connectivity index (χ4v) is 2.07. The lowest BCUT2D eigenvalue weighted by Gasteiger charge is -2.39. The van der Waals surface area contributed by atoms with E-state index in [4.69, 9.17) is 0 Å². The van der Waals surface area contributed by atoms with E-state index in [2.05, 4.69) is 10.3 Å². The number of hydrogen-bond acceptors (Lipinski definition) is 3. The van der Waals surface area contributed by atoms with E-state index in [0.717, 1.165) is 5.56 Å². The molecule has 0 saturated carbocycles. The van der Waals surface area contributed by atoms with Crippen LogP contribution in [0.1, 0.15) is 25.8 Å². The molecule has 1 N–H and O–H groups in total. The Morgan fingerprint density at radius 3 is 2.67 bits per heavy atom. The van der Waals surface area contributed by atoms with Crippen LogP contribution in [0, 0.1) is 0 Å². The molecule has 0 spiro atoms. The molecule has 1 unspecified atom stereocenters. The lowest BCUT2D eigenvalue weighted by Crippen LogP contribution is -2.64. The standard InChI is InChI=1S/C13H17N3O2/c1-3-13(2)12(18)16(9-11(17)15-13)8-10-4-6-14-7-5-10/h4-7H,3,8-9H2,1-2H3,(H,15,17). The van der Waals surface area contributed by atoms with Crippen molar-refractivity contribution < 1.29 is 9.59 Å². The molecule has 5 heteroatoms. The molecular formula is C13H17N3O2. The van der Waals surface area contributed by atoms with Gasteiger partial charge in [-0.25, -0.2) is 0 Å². The number of amides is 2. The number of carbonyl (C=O) groups excluding carboxylic acids is 2. The second-order valence-electron chi connectivity index (χ2n) is 4.75. The van der Waals surface area contributed by atoms with Crippen LogP contribution in [0.3, 0.4) is 0 Å². The van der Waals surface area contributed by atoms with Crippen molar-refractivity contribution in [1.29, 1.82) is 0 Å².